The van der Waals surface area contributed by atoms with Gasteiger partial charge in [-0.3, -0.25) is 9.59 Å². The van der Waals surface area contributed by atoms with E-state index in [4.69, 9.17) is 0 Å². The van der Waals surface area contributed by atoms with E-state index >= 15 is 0 Å². The van der Waals surface area contributed by atoms with E-state index in [2.05, 4.69) is 10.6 Å². The van der Waals surface area contributed by atoms with Crippen LogP contribution in [0.2, 0.25) is 0 Å². The minimum Gasteiger partial charge on any atom is -0.355 e. The normalized spacial score (nSPS) is 31.6. The van der Waals surface area contributed by atoms with Crippen LogP contribution in [0.4, 0.5) is 0 Å². The summed E-state index contributed by atoms with van der Waals surface area (Å²) in [6, 6.07) is 8.07. The number of hydrogen-bond donors (Lipinski definition) is 2. The molecule has 2 aromatic rings. The van der Waals surface area contributed by atoms with Gasteiger partial charge < -0.3 is 10.6 Å². The predicted molar refractivity (Wildman–Crippen MR) is 122 cm³/mol. The molecule has 0 unspecified atom stereocenters. The van der Waals surface area contributed by atoms with Crippen molar-refractivity contribution in [3.05, 3.63) is 44.8 Å². The Morgan fingerprint density at radius 1 is 0.833 bits per heavy atom. The first kappa shape index (κ1) is 20.3. The molecule has 0 radical (unpaired) electrons. The molecular formula is C24H30N2O2S2. The van der Waals surface area contributed by atoms with Crippen LogP contribution in [0.3, 0.4) is 0 Å². The topological polar surface area (TPSA) is 58.2 Å². The lowest BCUT2D eigenvalue weighted by Gasteiger charge is -2.62. The van der Waals surface area contributed by atoms with E-state index in [0.717, 1.165) is 41.1 Å². The Hall–Kier alpha value is -1.66. The summed E-state index contributed by atoms with van der Waals surface area (Å²) in [6.07, 6.45) is 8.44. The van der Waals surface area contributed by atoms with Gasteiger partial charge in [0.15, 0.2) is 0 Å². The Kier molecular flexibility index (Phi) is 5.48. The SMILES string of the molecule is O=C(Cc1cccs1)NCC12CC3CC(C1)CC(CNC(=O)Cc1cccs1)(C3)C2. The number of carbonyl (C=O) groups is 2. The Morgan fingerprint density at radius 2 is 1.30 bits per heavy atom. The number of rotatable bonds is 8. The highest BCUT2D eigenvalue weighted by Crippen LogP contribution is 2.64. The smallest absolute Gasteiger partial charge is 0.225 e. The van der Waals surface area contributed by atoms with Gasteiger partial charge in [-0.2, -0.15) is 0 Å². The van der Waals surface area contributed by atoms with E-state index in [-0.39, 0.29) is 22.6 Å². The third-order valence-electron chi connectivity index (χ3n) is 7.45. The zero-order valence-corrected chi connectivity index (χ0v) is 19.0. The molecule has 0 saturated heterocycles. The van der Waals surface area contributed by atoms with E-state index < -0.39 is 0 Å². The highest BCUT2D eigenvalue weighted by atomic mass is 32.1. The van der Waals surface area contributed by atoms with Gasteiger partial charge in [-0.1, -0.05) is 12.1 Å². The highest BCUT2D eigenvalue weighted by Gasteiger charge is 2.57. The van der Waals surface area contributed by atoms with Crippen molar-refractivity contribution in [1.82, 2.24) is 10.6 Å². The molecule has 160 valence electrons. The standard InChI is InChI=1S/C24H30N2O2S2/c27-21(8-19-3-1-5-29-19)25-15-23-10-17-7-18(11-23)13-24(12-17,14-23)16-26-22(28)9-20-4-2-6-30-20/h1-6,17-18H,7-16H2,(H,25,27)(H,26,28). The molecule has 4 saturated carbocycles. The number of amides is 2. The first-order chi connectivity index (χ1) is 14.5. The molecule has 0 aliphatic heterocycles. The average molecular weight is 443 g/mol. The van der Waals surface area contributed by atoms with E-state index in [1.54, 1.807) is 22.7 Å². The van der Waals surface area contributed by atoms with Crippen molar-refractivity contribution < 1.29 is 9.59 Å². The van der Waals surface area contributed by atoms with E-state index in [9.17, 15) is 9.59 Å². The second-order valence-corrected chi connectivity index (χ2v) is 12.1. The van der Waals surface area contributed by atoms with E-state index in [1.807, 2.05) is 35.0 Å². The summed E-state index contributed by atoms with van der Waals surface area (Å²) in [5.41, 5.74) is 0.460. The van der Waals surface area contributed by atoms with Crippen LogP contribution in [-0.4, -0.2) is 24.9 Å². The van der Waals surface area contributed by atoms with Gasteiger partial charge in [0.25, 0.3) is 0 Å². The molecule has 6 rings (SSSR count). The van der Waals surface area contributed by atoms with Crippen molar-refractivity contribution in [2.75, 3.05) is 13.1 Å². The lowest BCUT2D eigenvalue weighted by Crippen LogP contribution is -2.58. The van der Waals surface area contributed by atoms with Crippen LogP contribution in [0.1, 0.15) is 48.3 Å². The summed E-state index contributed by atoms with van der Waals surface area (Å²) in [5.74, 6) is 1.81. The van der Waals surface area contributed by atoms with Crippen molar-refractivity contribution in [1.29, 1.82) is 0 Å². The number of carbonyl (C=O) groups excluding carboxylic acids is 2. The van der Waals surface area contributed by atoms with Crippen molar-refractivity contribution >= 4 is 34.5 Å². The largest absolute Gasteiger partial charge is 0.355 e. The fourth-order valence-electron chi connectivity index (χ4n) is 6.90. The molecule has 4 nitrogen and oxygen atoms in total. The van der Waals surface area contributed by atoms with Gasteiger partial charge in [-0.25, -0.2) is 0 Å². The molecule has 4 aliphatic rings. The summed E-state index contributed by atoms with van der Waals surface area (Å²) in [5, 5.41) is 10.6. The Balaban J connectivity index is 1.20. The zero-order chi connectivity index (χ0) is 20.6. The summed E-state index contributed by atoms with van der Waals surface area (Å²) in [7, 11) is 0. The molecule has 30 heavy (non-hydrogen) atoms. The lowest BCUT2D eigenvalue weighted by atomic mass is 9.44. The van der Waals surface area contributed by atoms with E-state index in [1.165, 1.54) is 32.1 Å². The third kappa shape index (κ3) is 4.35. The lowest BCUT2D eigenvalue weighted by molar-refractivity contribution is -0.130. The maximum Gasteiger partial charge on any atom is 0.225 e. The van der Waals surface area contributed by atoms with Crippen molar-refractivity contribution in [2.24, 2.45) is 22.7 Å². The van der Waals surface area contributed by atoms with Crippen LogP contribution in [0.25, 0.3) is 0 Å². The molecule has 4 fully saturated rings. The highest BCUT2D eigenvalue weighted by molar-refractivity contribution is 7.10. The molecule has 0 aromatic carbocycles. The Labute approximate surface area is 186 Å². The van der Waals surface area contributed by atoms with Crippen LogP contribution < -0.4 is 10.6 Å². The fourth-order valence-corrected chi connectivity index (χ4v) is 8.31. The Morgan fingerprint density at radius 3 is 1.70 bits per heavy atom. The second-order valence-electron chi connectivity index (χ2n) is 10.0. The molecule has 4 bridgehead atoms. The quantitative estimate of drug-likeness (QED) is 0.636. The van der Waals surface area contributed by atoms with Gasteiger partial charge in [0.2, 0.25) is 11.8 Å². The number of hydrogen-bond acceptors (Lipinski definition) is 4. The summed E-state index contributed by atoms with van der Waals surface area (Å²) in [6.45, 7) is 1.60. The maximum absolute atomic E-state index is 12.5. The molecule has 0 spiro atoms. The molecule has 6 heteroatoms. The summed E-state index contributed by atoms with van der Waals surface area (Å²) >= 11 is 3.29. The van der Waals surface area contributed by atoms with Crippen LogP contribution in [0.5, 0.6) is 0 Å². The summed E-state index contributed by atoms with van der Waals surface area (Å²) < 4.78 is 0. The third-order valence-corrected chi connectivity index (χ3v) is 9.21. The monoisotopic (exact) mass is 442 g/mol. The van der Waals surface area contributed by atoms with Crippen LogP contribution in [0, 0.1) is 22.7 Å². The minimum atomic E-state index is 0.145. The van der Waals surface area contributed by atoms with Gasteiger partial charge in [0.1, 0.15) is 0 Å². The van der Waals surface area contributed by atoms with Crippen LogP contribution >= 0.6 is 22.7 Å². The van der Waals surface area contributed by atoms with Crippen molar-refractivity contribution in [3.8, 4) is 0 Å². The zero-order valence-electron chi connectivity index (χ0n) is 17.3. The molecule has 0 atom stereocenters. The van der Waals surface area contributed by atoms with Crippen LogP contribution in [-0.2, 0) is 22.4 Å². The molecule has 2 amide bonds. The minimum absolute atomic E-state index is 0.145. The first-order valence-electron chi connectivity index (χ1n) is 11.1. The second kappa shape index (κ2) is 8.12. The maximum atomic E-state index is 12.5. The van der Waals surface area contributed by atoms with E-state index in [0.29, 0.717) is 12.8 Å². The molecule has 4 aliphatic carbocycles. The Bertz CT molecular complexity index is 806. The summed E-state index contributed by atoms with van der Waals surface area (Å²) in [4.78, 5) is 27.2. The van der Waals surface area contributed by atoms with Crippen LogP contribution in [0.15, 0.2) is 35.0 Å². The molecular weight excluding hydrogens is 412 g/mol. The number of thiophene rings is 2. The average Bonchev–Trinajstić information content (AvgIpc) is 3.38. The molecule has 2 aromatic heterocycles. The molecule has 2 heterocycles. The van der Waals surface area contributed by atoms with Gasteiger partial charge in [-0.05, 0) is 84.1 Å². The van der Waals surface area contributed by atoms with Gasteiger partial charge in [0, 0.05) is 22.8 Å². The van der Waals surface area contributed by atoms with Gasteiger partial charge in [0.05, 0.1) is 12.8 Å². The number of nitrogens with one attached hydrogen (secondary N) is 2. The van der Waals surface area contributed by atoms with Crippen molar-refractivity contribution in [3.63, 3.8) is 0 Å². The first-order valence-corrected chi connectivity index (χ1v) is 12.9. The fraction of sp³-hybridized carbons (Fsp3) is 0.583. The predicted octanol–water partition coefficient (Wildman–Crippen LogP) is 4.41. The van der Waals surface area contributed by atoms with Gasteiger partial charge in [-0.15, -0.1) is 22.7 Å². The van der Waals surface area contributed by atoms with Gasteiger partial charge >= 0.3 is 0 Å². The molecule has 2 N–H and O–H groups in total. The van der Waals surface area contributed by atoms with Crippen molar-refractivity contribution in [2.45, 2.75) is 51.4 Å².